The zero-order chi connectivity index (χ0) is 15.5. The van der Waals surface area contributed by atoms with E-state index >= 15 is 0 Å². The molecule has 0 bridgehead atoms. The van der Waals surface area contributed by atoms with Crippen molar-refractivity contribution in [3.63, 3.8) is 0 Å². The van der Waals surface area contributed by atoms with Crippen LogP contribution in [0.5, 0.6) is 0 Å². The number of nitrogens with zero attached hydrogens (tertiary/aromatic N) is 2. The summed E-state index contributed by atoms with van der Waals surface area (Å²) >= 11 is 0. The van der Waals surface area contributed by atoms with Gasteiger partial charge < -0.3 is 4.74 Å². The maximum absolute atomic E-state index is 12.1. The van der Waals surface area contributed by atoms with Crippen LogP contribution in [0.25, 0.3) is 10.9 Å². The number of para-hydroxylation sites is 1. The maximum Gasteiger partial charge on any atom is 0.411 e. The third-order valence-electron chi connectivity index (χ3n) is 3.09. The average molecular weight is 302 g/mol. The number of alkyl halides is 3. The SMILES string of the molecule is Cn1nc(CC(COCC(F)(F)F)NN)c2ccccc21. The van der Waals surface area contributed by atoms with Crippen molar-refractivity contribution in [2.24, 2.45) is 12.9 Å². The molecule has 2 rings (SSSR count). The molecule has 0 spiro atoms. The Morgan fingerprint density at radius 1 is 1.38 bits per heavy atom. The van der Waals surface area contributed by atoms with Crippen LogP contribution in [0.2, 0.25) is 0 Å². The first-order valence-corrected chi connectivity index (χ1v) is 6.42. The number of hydrogen-bond acceptors (Lipinski definition) is 4. The Labute approximate surface area is 119 Å². The minimum Gasteiger partial charge on any atom is -0.370 e. The van der Waals surface area contributed by atoms with Gasteiger partial charge >= 0.3 is 6.18 Å². The highest BCUT2D eigenvalue weighted by Crippen LogP contribution is 2.19. The number of nitrogens with one attached hydrogen (secondary N) is 1. The molecule has 1 unspecified atom stereocenters. The number of aromatic nitrogens is 2. The maximum atomic E-state index is 12.1. The molecule has 3 N–H and O–H groups in total. The Kier molecular flexibility index (Phi) is 4.81. The first-order valence-electron chi connectivity index (χ1n) is 6.42. The van der Waals surface area contributed by atoms with Crippen LogP contribution in [0.3, 0.4) is 0 Å². The Bertz CT molecular complexity index is 597. The molecule has 8 heteroatoms. The van der Waals surface area contributed by atoms with Crippen molar-refractivity contribution >= 4 is 10.9 Å². The largest absolute Gasteiger partial charge is 0.411 e. The quantitative estimate of drug-likeness (QED) is 0.627. The molecule has 2 aromatic rings. The molecule has 21 heavy (non-hydrogen) atoms. The van der Waals surface area contributed by atoms with Crippen molar-refractivity contribution in [2.45, 2.75) is 18.6 Å². The van der Waals surface area contributed by atoms with E-state index in [1.807, 2.05) is 31.3 Å². The number of rotatable bonds is 6. The fourth-order valence-electron chi connectivity index (χ4n) is 2.16. The Hall–Kier alpha value is -1.64. The van der Waals surface area contributed by atoms with Gasteiger partial charge in [-0.05, 0) is 6.07 Å². The lowest BCUT2D eigenvalue weighted by atomic mass is 10.1. The van der Waals surface area contributed by atoms with Gasteiger partial charge in [0.2, 0.25) is 0 Å². The molecule has 1 aromatic carbocycles. The van der Waals surface area contributed by atoms with E-state index in [4.69, 9.17) is 5.84 Å². The van der Waals surface area contributed by atoms with E-state index < -0.39 is 18.8 Å². The highest BCUT2D eigenvalue weighted by atomic mass is 19.4. The monoisotopic (exact) mass is 302 g/mol. The van der Waals surface area contributed by atoms with Gasteiger partial charge in [-0.2, -0.15) is 18.3 Å². The van der Waals surface area contributed by atoms with Crippen molar-refractivity contribution in [3.8, 4) is 0 Å². The van der Waals surface area contributed by atoms with Gasteiger partial charge in [0.1, 0.15) is 6.61 Å². The number of aryl methyl sites for hydroxylation is 1. The number of hydrazine groups is 1. The van der Waals surface area contributed by atoms with Gasteiger partial charge in [0, 0.05) is 18.9 Å². The summed E-state index contributed by atoms with van der Waals surface area (Å²) in [5.74, 6) is 5.38. The van der Waals surface area contributed by atoms with Gasteiger partial charge in [-0.15, -0.1) is 0 Å². The summed E-state index contributed by atoms with van der Waals surface area (Å²) < 4.78 is 42.5. The van der Waals surface area contributed by atoms with Crippen molar-refractivity contribution in [1.82, 2.24) is 15.2 Å². The molecule has 0 aliphatic carbocycles. The molecule has 1 aromatic heterocycles. The Morgan fingerprint density at radius 3 is 2.76 bits per heavy atom. The van der Waals surface area contributed by atoms with Gasteiger partial charge in [-0.1, -0.05) is 18.2 Å². The highest BCUT2D eigenvalue weighted by molar-refractivity contribution is 5.81. The molecule has 0 saturated carbocycles. The van der Waals surface area contributed by atoms with Crippen LogP contribution >= 0.6 is 0 Å². The zero-order valence-electron chi connectivity index (χ0n) is 11.5. The molecule has 0 aliphatic heterocycles. The predicted octanol–water partition coefficient (Wildman–Crippen LogP) is 1.53. The molecule has 0 amide bonds. The highest BCUT2D eigenvalue weighted by Gasteiger charge is 2.28. The molecule has 1 heterocycles. The lowest BCUT2D eigenvalue weighted by Gasteiger charge is -2.16. The average Bonchev–Trinajstić information content (AvgIpc) is 2.74. The molecule has 0 aliphatic rings. The number of benzene rings is 1. The smallest absolute Gasteiger partial charge is 0.370 e. The zero-order valence-corrected chi connectivity index (χ0v) is 11.5. The Balaban J connectivity index is 2.03. The lowest BCUT2D eigenvalue weighted by molar-refractivity contribution is -0.175. The second kappa shape index (κ2) is 6.42. The van der Waals surface area contributed by atoms with Gasteiger partial charge in [0.15, 0.2) is 0 Å². The fourth-order valence-corrected chi connectivity index (χ4v) is 2.16. The minimum absolute atomic E-state index is 0.138. The number of fused-ring (bicyclic) bond motifs is 1. The predicted molar refractivity (Wildman–Crippen MR) is 72.4 cm³/mol. The van der Waals surface area contributed by atoms with Crippen molar-refractivity contribution in [1.29, 1.82) is 0 Å². The van der Waals surface area contributed by atoms with Crippen molar-refractivity contribution in [3.05, 3.63) is 30.0 Å². The van der Waals surface area contributed by atoms with E-state index in [-0.39, 0.29) is 6.61 Å². The molecule has 0 radical (unpaired) electrons. The molecular formula is C13H17F3N4O. The second-order valence-electron chi connectivity index (χ2n) is 4.79. The van der Waals surface area contributed by atoms with Crippen LogP contribution in [0.1, 0.15) is 5.69 Å². The van der Waals surface area contributed by atoms with Gasteiger partial charge in [0.05, 0.1) is 23.9 Å². The number of halogens is 3. The summed E-state index contributed by atoms with van der Waals surface area (Å²) in [7, 11) is 1.82. The van der Waals surface area contributed by atoms with E-state index in [1.54, 1.807) is 4.68 Å². The van der Waals surface area contributed by atoms with Crippen LogP contribution in [0, 0.1) is 0 Å². The van der Waals surface area contributed by atoms with Gasteiger partial charge in [0.25, 0.3) is 0 Å². The van der Waals surface area contributed by atoms with Crippen LogP contribution in [0.4, 0.5) is 13.2 Å². The number of nitrogens with two attached hydrogens (primary N) is 1. The Morgan fingerprint density at radius 2 is 2.10 bits per heavy atom. The third-order valence-corrected chi connectivity index (χ3v) is 3.09. The summed E-state index contributed by atoms with van der Waals surface area (Å²) in [4.78, 5) is 0. The summed E-state index contributed by atoms with van der Waals surface area (Å²) in [6, 6.07) is 7.20. The third kappa shape index (κ3) is 4.16. The fraction of sp³-hybridized carbons (Fsp3) is 0.462. The number of ether oxygens (including phenoxy) is 1. The normalized spacial score (nSPS) is 13.8. The summed E-state index contributed by atoms with van der Waals surface area (Å²) in [5.41, 5.74) is 4.20. The van der Waals surface area contributed by atoms with Crippen LogP contribution in [0.15, 0.2) is 24.3 Å². The molecule has 1 atom stereocenters. The minimum atomic E-state index is -4.34. The van der Waals surface area contributed by atoms with Crippen molar-refractivity contribution in [2.75, 3.05) is 13.2 Å². The first kappa shape index (κ1) is 15.7. The van der Waals surface area contributed by atoms with Crippen LogP contribution < -0.4 is 11.3 Å². The number of hydrogen-bond donors (Lipinski definition) is 2. The summed E-state index contributed by atoms with van der Waals surface area (Å²) in [6.45, 7) is -1.42. The molecule has 116 valence electrons. The lowest BCUT2D eigenvalue weighted by Crippen LogP contribution is -2.41. The molecule has 0 saturated heterocycles. The van der Waals surface area contributed by atoms with Crippen LogP contribution in [-0.4, -0.2) is 35.2 Å². The van der Waals surface area contributed by atoms with Gasteiger partial charge in [-0.3, -0.25) is 16.0 Å². The molecule has 5 nitrogen and oxygen atoms in total. The molecule has 0 fully saturated rings. The standard InChI is InChI=1S/C13H17F3N4O/c1-20-12-5-3-2-4-10(12)11(19-20)6-9(18-17)7-21-8-13(14,15)16/h2-5,9,18H,6-8,17H2,1H3. The van der Waals surface area contributed by atoms with E-state index in [0.717, 1.165) is 16.6 Å². The second-order valence-corrected chi connectivity index (χ2v) is 4.79. The first-order chi connectivity index (χ1) is 9.90. The van der Waals surface area contributed by atoms with E-state index in [9.17, 15) is 13.2 Å². The summed E-state index contributed by atoms with van der Waals surface area (Å²) in [6.07, 6.45) is -3.95. The van der Waals surface area contributed by atoms with E-state index in [2.05, 4.69) is 15.3 Å². The van der Waals surface area contributed by atoms with Gasteiger partial charge in [-0.25, -0.2) is 0 Å². The van der Waals surface area contributed by atoms with Crippen molar-refractivity contribution < 1.29 is 17.9 Å². The van der Waals surface area contributed by atoms with E-state index in [1.165, 1.54) is 0 Å². The molecular weight excluding hydrogens is 285 g/mol. The summed E-state index contributed by atoms with van der Waals surface area (Å²) in [5, 5.41) is 5.33. The van der Waals surface area contributed by atoms with E-state index in [0.29, 0.717) is 6.42 Å². The van der Waals surface area contributed by atoms with Crippen LogP contribution in [-0.2, 0) is 18.2 Å². The topological polar surface area (TPSA) is 65.1 Å².